The smallest absolute Gasteiger partial charge is 0.242 e. The normalized spacial score (nSPS) is 12.2. The maximum Gasteiger partial charge on any atom is 0.242 e. The number of nitrogens with zero attached hydrogens (tertiary/aromatic N) is 1. The van der Waals surface area contributed by atoms with Gasteiger partial charge in [-0.1, -0.05) is 30.3 Å². The van der Waals surface area contributed by atoms with Crippen LogP contribution in [0.2, 0.25) is 0 Å². The molecule has 0 aliphatic heterocycles. The molecule has 0 spiro atoms. The summed E-state index contributed by atoms with van der Waals surface area (Å²) in [6, 6.07) is 13.0. The van der Waals surface area contributed by atoms with E-state index in [1.807, 2.05) is 70.2 Å². The Hall–Kier alpha value is -2.82. The van der Waals surface area contributed by atoms with E-state index in [1.54, 1.807) is 18.9 Å². The number of amides is 2. The van der Waals surface area contributed by atoms with Crippen LogP contribution in [0.4, 0.5) is 0 Å². The molecule has 2 rings (SSSR count). The van der Waals surface area contributed by atoms with Crippen LogP contribution in [0.3, 0.4) is 0 Å². The molecule has 162 valence electrons. The van der Waals surface area contributed by atoms with Crippen LogP contribution in [0.1, 0.15) is 49.9 Å². The first-order valence-corrected chi connectivity index (χ1v) is 10.3. The number of ether oxygens (including phenoxy) is 1. The van der Waals surface area contributed by atoms with Crippen molar-refractivity contribution in [3.8, 4) is 5.75 Å². The molecule has 1 unspecified atom stereocenters. The number of benzene rings is 2. The van der Waals surface area contributed by atoms with Crippen LogP contribution < -0.4 is 10.1 Å². The molecule has 0 aliphatic rings. The van der Waals surface area contributed by atoms with Gasteiger partial charge >= 0.3 is 0 Å². The Balaban J connectivity index is 2.29. The predicted molar refractivity (Wildman–Crippen MR) is 121 cm³/mol. The molecule has 0 radical (unpaired) electrons. The second-order valence-electron chi connectivity index (χ2n) is 8.88. The molecule has 0 aromatic heterocycles. The minimum absolute atomic E-state index is 0.0855. The molecule has 0 fully saturated rings. The lowest BCUT2D eigenvalue weighted by atomic mass is 10.0. The van der Waals surface area contributed by atoms with Gasteiger partial charge in [0.2, 0.25) is 11.8 Å². The number of methoxy groups -OCH3 is 1. The molecular formula is C25H34N2O3. The van der Waals surface area contributed by atoms with Crippen LogP contribution in [0, 0.1) is 13.8 Å². The van der Waals surface area contributed by atoms with Gasteiger partial charge in [0, 0.05) is 12.1 Å². The van der Waals surface area contributed by atoms with Crippen molar-refractivity contribution in [2.45, 2.75) is 66.1 Å². The van der Waals surface area contributed by atoms with Crippen LogP contribution in [0.25, 0.3) is 0 Å². The topological polar surface area (TPSA) is 58.6 Å². The van der Waals surface area contributed by atoms with Gasteiger partial charge in [0.25, 0.3) is 0 Å². The average molecular weight is 411 g/mol. The highest BCUT2D eigenvalue weighted by Crippen LogP contribution is 2.18. The Kier molecular flexibility index (Phi) is 7.65. The third kappa shape index (κ3) is 6.61. The first-order valence-electron chi connectivity index (χ1n) is 10.3. The zero-order chi connectivity index (χ0) is 22.5. The van der Waals surface area contributed by atoms with Crippen LogP contribution >= 0.6 is 0 Å². The molecule has 0 saturated heterocycles. The fourth-order valence-corrected chi connectivity index (χ4v) is 3.21. The highest BCUT2D eigenvalue weighted by Gasteiger charge is 2.28. The Labute approximate surface area is 180 Å². The van der Waals surface area contributed by atoms with E-state index in [0.29, 0.717) is 6.54 Å². The molecule has 5 heteroatoms. The van der Waals surface area contributed by atoms with Gasteiger partial charge in [-0.25, -0.2) is 0 Å². The van der Waals surface area contributed by atoms with E-state index in [1.165, 1.54) is 5.56 Å². The summed E-state index contributed by atoms with van der Waals surface area (Å²) in [4.78, 5) is 27.8. The van der Waals surface area contributed by atoms with Crippen LogP contribution in [0.5, 0.6) is 5.75 Å². The highest BCUT2D eigenvalue weighted by atomic mass is 16.5. The Morgan fingerprint density at radius 2 is 1.73 bits per heavy atom. The maximum atomic E-state index is 13.3. The molecule has 1 atom stereocenters. The van der Waals surface area contributed by atoms with Crippen LogP contribution in [-0.4, -0.2) is 35.4 Å². The van der Waals surface area contributed by atoms with Crippen molar-refractivity contribution in [1.82, 2.24) is 10.2 Å². The molecule has 0 saturated carbocycles. The van der Waals surface area contributed by atoms with Crippen molar-refractivity contribution < 1.29 is 14.3 Å². The lowest BCUT2D eigenvalue weighted by molar-refractivity contribution is -0.140. The Bertz CT molecular complexity index is 900. The molecule has 5 nitrogen and oxygen atoms in total. The molecule has 2 aromatic rings. The SMILES string of the molecule is COc1cccc(CN(C(=O)Cc2ccc(C)c(C)c2)C(C)C(=O)NC(C)(C)C)c1. The van der Waals surface area contributed by atoms with Gasteiger partial charge in [-0.3, -0.25) is 9.59 Å². The summed E-state index contributed by atoms with van der Waals surface area (Å²) < 4.78 is 5.31. The number of hydrogen-bond acceptors (Lipinski definition) is 3. The van der Waals surface area contributed by atoms with E-state index < -0.39 is 6.04 Å². The summed E-state index contributed by atoms with van der Waals surface area (Å²) >= 11 is 0. The number of nitrogens with one attached hydrogen (secondary N) is 1. The first-order chi connectivity index (χ1) is 14.0. The van der Waals surface area contributed by atoms with Gasteiger partial charge in [0.05, 0.1) is 13.5 Å². The minimum Gasteiger partial charge on any atom is -0.497 e. The molecule has 0 heterocycles. The largest absolute Gasteiger partial charge is 0.497 e. The van der Waals surface area contributed by atoms with E-state index in [2.05, 4.69) is 12.2 Å². The number of carbonyl (C=O) groups excluding carboxylic acids is 2. The number of aryl methyl sites for hydroxylation is 2. The van der Waals surface area contributed by atoms with Crippen LogP contribution in [-0.2, 0) is 22.6 Å². The van der Waals surface area contributed by atoms with E-state index in [4.69, 9.17) is 4.74 Å². The zero-order valence-electron chi connectivity index (χ0n) is 19.2. The molecule has 2 aromatic carbocycles. The molecule has 0 bridgehead atoms. The summed E-state index contributed by atoms with van der Waals surface area (Å²) in [6.45, 7) is 12.0. The molecular weight excluding hydrogens is 376 g/mol. The van der Waals surface area contributed by atoms with E-state index in [9.17, 15) is 9.59 Å². The summed E-state index contributed by atoms with van der Waals surface area (Å²) in [7, 11) is 1.61. The maximum absolute atomic E-state index is 13.3. The van der Waals surface area contributed by atoms with Gasteiger partial charge in [0.1, 0.15) is 11.8 Å². The van der Waals surface area contributed by atoms with Gasteiger partial charge in [-0.15, -0.1) is 0 Å². The summed E-state index contributed by atoms with van der Waals surface area (Å²) in [5.74, 6) is 0.470. The van der Waals surface area contributed by atoms with Gasteiger partial charge in [-0.2, -0.15) is 0 Å². The molecule has 2 amide bonds. The fourth-order valence-electron chi connectivity index (χ4n) is 3.21. The van der Waals surface area contributed by atoms with E-state index in [0.717, 1.165) is 22.4 Å². The van der Waals surface area contributed by atoms with Crippen molar-refractivity contribution in [2.24, 2.45) is 0 Å². The second kappa shape index (κ2) is 9.79. The molecule has 0 aliphatic carbocycles. The third-order valence-corrected chi connectivity index (χ3v) is 5.08. The zero-order valence-corrected chi connectivity index (χ0v) is 19.2. The summed E-state index contributed by atoms with van der Waals surface area (Å²) in [6.07, 6.45) is 0.248. The first kappa shape index (κ1) is 23.5. The quantitative estimate of drug-likeness (QED) is 0.745. The monoisotopic (exact) mass is 410 g/mol. The number of rotatable bonds is 7. The Morgan fingerprint density at radius 3 is 2.33 bits per heavy atom. The number of carbonyl (C=O) groups is 2. The molecule has 30 heavy (non-hydrogen) atoms. The third-order valence-electron chi connectivity index (χ3n) is 5.08. The minimum atomic E-state index is -0.602. The van der Waals surface area contributed by atoms with Crippen molar-refractivity contribution in [2.75, 3.05) is 7.11 Å². The standard InChI is InChI=1S/C25H34N2O3/c1-17-11-12-20(13-18(17)2)15-23(28)27(19(3)24(29)26-25(4,5)6)16-21-9-8-10-22(14-21)30-7/h8-14,19H,15-16H2,1-7H3,(H,26,29). The lowest BCUT2D eigenvalue weighted by Crippen LogP contribution is -2.52. The van der Waals surface area contributed by atoms with Gasteiger partial charge < -0.3 is 15.0 Å². The average Bonchev–Trinajstić information content (AvgIpc) is 2.67. The van der Waals surface area contributed by atoms with Crippen molar-refractivity contribution in [1.29, 1.82) is 0 Å². The van der Waals surface area contributed by atoms with E-state index >= 15 is 0 Å². The van der Waals surface area contributed by atoms with Crippen LogP contribution in [0.15, 0.2) is 42.5 Å². The van der Waals surface area contributed by atoms with Crippen molar-refractivity contribution >= 4 is 11.8 Å². The number of hydrogen-bond donors (Lipinski definition) is 1. The summed E-state index contributed by atoms with van der Waals surface area (Å²) in [5.41, 5.74) is 3.83. The van der Waals surface area contributed by atoms with Gasteiger partial charge in [0.15, 0.2) is 0 Å². The van der Waals surface area contributed by atoms with Crippen molar-refractivity contribution in [3.05, 3.63) is 64.7 Å². The predicted octanol–water partition coefficient (Wildman–Crippen LogP) is 4.19. The molecule has 1 N–H and O–H groups in total. The Morgan fingerprint density at radius 1 is 1.03 bits per heavy atom. The fraction of sp³-hybridized carbons (Fsp3) is 0.440. The van der Waals surface area contributed by atoms with E-state index in [-0.39, 0.29) is 23.8 Å². The highest BCUT2D eigenvalue weighted by molar-refractivity contribution is 5.88. The lowest BCUT2D eigenvalue weighted by Gasteiger charge is -2.31. The summed E-state index contributed by atoms with van der Waals surface area (Å²) in [5, 5.41) is 2.99. The van der Waals surface area contributed by atoms with Gasteiger partial charge in [-0.05, 0) is 75.9 Å². The second-order valence-corrected chi connectivity index (χ2v) is 8.88. The van der Waals surface area contributed by atoms with Crippen molar-refractivity contribution in [3.63, 3.8) is 0 Å².